The zero-order valence-corrected chi connectivity index (χ0v) is 16.7. The largest absolute Gasteiger partial charge is 0.378 e. The van der Waals surface area contributed by atoms with Gasteiger partial charge in [0.05, 0.1) is 40.9 Å². The van der Waals surface area contributed by atoms with Crippen LogP contribution in [0.4, 0.5) is 11.5 Å². The van der Waals surface area contributed by atoms with E-state index in [0.29, 0.717) is 23.8 Å². The van der Waals surface area contributed by atoms with Gasteiger partial charge < -0.3 is 15.0 Å². The number of anilines is 2. The van der Waals surface area contributed by atoms with Gasteiger partial charge in [0.1, 0.15) is 17.0 Å². The molecular formula is C21H19N5O2S. The summed E-state index contributed by atoms with van der Waals surface area (Å²) in [5.74, 6) is 0.717. The average Bonchev–Trinajstić information content (AvgIpc) is 3.11. The van der Waals surface area contributed by atoms with Crippen molar-refractivity contribution >= 4 is 49.9 Å². The third kappa shape index (κ3) is 3.30. The van der Waals surface area contributed by atoms with E-state index in [9.17, 15) is 4.79 Å². The lowest BCUT2D eigenvalue weighted by Crippen LogP contribution is -2.36. The first-order valence-corrected chi connectivity index (χ1v) is 10.3. The summed E-state index contributed by atoms with van der Waals surface area (Å²) in [6.45, 7) is 4.88. The number of carbonyl (C=O) groups is 1. The quantitative estimate of drug-likeness (QED) is 0.561. The normalized spacial score (nSPS) is 14.4. The number of para-hydroxylation sites is 1. The Labute approximate surface area is 171 Å². The Balaban J connectivity index is 1.49. The maximum atomic E-state index is 13.0. The van der Waals surface area contributed by atoms with Crippen LogP contribution in [0.2, 0.25) is 0 Å². The number of nitrogens with zero attached hydrogens (tertiary/aromatic N) is 4. The molecule has 146 valence electrons. The molecule has 1 aliphatic rings. The number of hydrogen-bond acceptors (Lipinski definition) is 7. The molecule has 0 aliphatic carbocycles. The van der Waals surface area contributed by atoms with Crippen molar-refractivity contribution in [1.82, 2.24) is 15.0 Å². The van der Waals surface area contributed by atoms with Crippen molar-refractivity contribution in [2.75, 3.05) is 36.5 Å². The van der Waals surface area contributed by atoms with Crippen LogP contribution in [0.5, 0.6) is 0 Å². The first-order chi connectivity index (χ1) is 14.2. The highest BCUT2D eigenvalue weighted by Crippen LogP contribution is 2.35. The van der Waals surface area contributed by atoms with E-state index in [2.05, 4.69) is 25.2 Å². The molecule has 3 aromatic heterocycles. The van der Waals surface area contributed by atoms with Gasteiger partial charge in [0.2, 0.25) is 0 Å². The van der Waals surface area contributed by atoms with Gasteiger partial charge in [-0.3, -0.25) is 9.78 Å². The molecule has 1 N–H and O–H groups in total. The van der Waals surface area contributed by atoms with E-state index in [1.807, 2.05) is 37.3 Å². The highest BCUT2D eigenvalue weighted by atomic mass is 32.1. The van der Waals surface area contributed by atoms with Gasteiger partial charge in [0, 0.05) is 18.5 Å². The number of ether oxygens (including phenoxy) is 1. The molecule has 0 saturated carbocycles. The fourth-order valence-corrected chi connectivity index (χ4v) is 4.65. The maximum Gasteiger partial charge on any atom is 0.266 e. The molecule has 1 aromatic carbocycles. The summed E-state index contributed by atoms with van der Waals surface area (Å²) in [6, 6.07) is 9.76. The van der Waals surface area contributed by atoms with Gasteiger partial charge in [0.25, 0.3) is 5.91 Å². The smallest absolute Gasteiger partial charge is 0.266 e. The van der Waals surface area contributed by atoms with Crippen molar-refractivity contribution in [1.29, 1.82) is 0 Å². The first kappa shape index (κ1) is 18.0. The number of amides is 1. The first-order valence-electron chi connectivity index (χ1n) is 9.43. The topological polar surface area (TPSA) is 80.2 Å². The minimum absolute atomic E-state index is 0.157. The van der Waals surface area contributed by atoms with E-state index < -0.39 is 0 Å². The Morgan fingerprint density at radius 3 is 2.86 bits per heavy atom. The summed E-state index contributed by atoms with van der Waals surface area (Å²) in [5.41, 5.74) is 2.47. The summed E-state index contributed by atoms with van der Waals surface area (Å²) in [6.07, 6.45) is 3.25. The Morgan fingerprint density at radius 1 is 1.17 bits per heavy atom. The molecule has 29 heavy (non-hydrogen) atoms. The van der Waals surface area contributed by atoms with Crippen LogP contribution in [0.3, 0.4) is 0 Å². The standard InChI is InChI=1S/C21H19N5O2S/c1-13-17-19(26-6-8-28-9-7-26)23-12-24-21(17)29-18(13)20(27)25-15-10-14-4-2-3-5-16(14)22-11-15/h2-5,10-12H,6-9H2,1H3,(H,25,27). The molecule has 0 radical (unpaired) electrons. The second-order valence-corrected chi connectivity index (χ2v) is 7.90. The molecular weight excluding hydrogens is 386 g/mol. The molecule has 1 saturated heterocycles. The summed E-state index contributed by atoms with van der Waals surface area (Å²) in [7, 11) is 0. The fraction of sp³-hybridized carbons (Fsp3) is 0.238. The zero-order chi connectivity index (χ0) is 19.8. The number of thiophene rings is 1. The van der Waals surface area contributed by atoms with E-state index in [0.717, 1.165) is 45.6 Å². The molecule has 1 aliphatic heterocycles. The third-order valence-electron chi connectivity index (χ3n) is 5.07. The number of hydrogen-bond donors (Lipinski definition) is 1. The number of morpholine rings is 1. The van der Waals surface area contributed by atoms with Crippen LogP contribution >= 0.6 is 11.3 Å². The van der Waals surface area contributed by atoms with Crippen LogP contribution in [0.1, 0.15) is 15.2 Å². The minimum atomic E-state index is -0.157. The van der Waals surface area contributed by atoms with E-state index >= 15 is 0 Å². The van der Waals surface area contributed by atoms with Crippen LogP contribution in [-0.4, -0.2) is 47.2 Å². The van der Waals surface area contributed by atoms with E-state index in [4.69, 9.17) is 4.74 Å². The molecule has 4 heterocycles. The molecule has 7 nitrogen and oxygen atoms in total. The Morgan fingerprint density at radius 2 is 2.00 bits per heavy atom. The van der Waals surface area contributed by atoms with Crippen molar-refractivity contribution in [3.63, 3.8) is 0 Å². The molecule has 0 bridgehead atoms. The van der Waals surface area contributed by atoms with Crippen molar-refractivity contribution in [3.05, 3.63) is 53.3 Å². The second kappa shape index (κ2) is 7.38. The van der Waals surface area contributed by atoms with Crippen LogP contribution in [0.25, 0.3) is 21.1 Å². The molecule has 1 fully saturated rings. The maximum absolute atomic E-state index is 13.0. The van der Waals surface area contributed by atoms with Gasteiger partial charge in [-0.05, 0) is 24.6 Å². The van der Waals surface area contributed by atoms with Crippen LogP contribution < -0.4 is 10.2 Å². The van der Waals surface area contributed by atoms with Crippen LogP contribution in [-0.2, 0) is 4.74 Å². The van der Waals surface area contributed by atoms with E-state index in [-0.39, 0.29) is 5.91 Å². The highest BCUT2D eigenvalue weighted by Gasteiger charge is 2.23. The van der Waals surface area contributed by atoms with Gasteiger partial charge in [-0.2, -0.15) is 0 Å². The molecule has 0 atom stereocenters. The van der Waals surface area contributed by atoms with Gasteiger partial charge in [-0.1, -0.05) is 18.2 Å². The number of aromatic nitrogens is 3. The Kier molecular flexibility index (Phi) is 4.57. The Bertz CT molecular complexity index is 1220. The summed E-state index contributed by atoms with van der Waals surface area (Å²) >= 11 is 1.39. The fourth-order valence-electron chi connectivity index (χ4n) is 3.61. The zero-order valence-electron chi connectivity index (χ0n) is 15.9. The third-order valence-corrected chi connectivity index (χ3v) is 6.27. The number of pyridine rings is 1. The number of carbonyl (C=O) groups excluding carboxylic acids is 1. The summed E-state index contributed by atoms with van der Waals surface area (Å²) in [4.78, 5) is 30.0. The molecule has 0 spiro atoms. The molecule has 0 unspecified atom stereocenters. The lowest BCUT2D eigenvalue weighted by atomic mass is 10.1. The number of fused-ring (bicyclic) bond motifs is 2. The molecule has 1 amide bonds. The number of benzene rings is 1. The van der Waals surface area contributed by atoms with Crippen molar-refractivity contribution in [3.8, 4) is 0 Å². The predicted molar refractivity (Wildman–Crippen MR) is 115 cm³/mol. The van der Waals surface area contributed by atoms with E-state index in [1.165, 1.54) is 11.3 Å². The summed E-state index contributed by atoms with van der Waals surface area (Å²) in [5, 5.41) is 4.91. The van der Waals surface area contributed by atoms with Crippen molar-refractivity contribution in [2.24, 2.45) is 0 Å². The van der Waals surface area contributed by atoms with Gasteiger partial charge in [0.15, 0.2) is 0 Å². The van der Waals surface area contributed by atoms with Gasteiger partial charge >= 0.3 is 0 Å². The summed E-state index contributed by atoms with van der Waals surface area (Å²) < 4.78 is 5.45. The highest BCUT2D eigenvalue weighted by molar-refractivity contribution is 7.20. The SMILES string of the molecule is Cc1c(C(=O)Nc2cnc3ccccc3c2)sc2ncnc(N3CCOCC3)c12. The minimum Gasteiger partial charge on any atom is -0.378 e. The average molecular weight is 405 g/mol. The number of aryl methyl sites for hydroxylation is 1. The van der Waals surface area contributed by atoms with Gasteiger partial charge in [-0.25, -0.2) is 9.97 Å². The number of rotatable bonds is 3. The monoisotopic (exact) mass is 405 g/mol. The van der Waals surface area contributed by atoms with Crippen molar-refractivity contribution in [2.45, 2.75) is 6.92 Å². The van der Waals surface area contributed by atoms with E-state index in [1.54, 1.807) is 12.5 Å². The van der Waals surface area contributed by atoms with Crippen molar-refractivity contribution < 1.29 is 9.53 Å². The predicted octanol–water partition coefficient (Wildman–Crippen LogP) is 3.64. The lowest BCUT2D eigenvalue weighted by Gasteiger charge is -2.28. The molecule has 4 aromatic rings. The Hall–Kier alpha value is -3.10. The molecule has 5 rings (SSSR count). The van der Waals surface area contributed by atoms with Gasteiger partial charge in [-0.15, -0.1) is 11.3 Å². The second-order valence-electron chi connectivity index (χ2n) is 6.90. The number of nitrogens with one attached hydrogen (secondary N) is 1. The van der Waals surface area contributed by atoms with Crippen LogP contribution in [0, 0.1) is 6.92 Å². The molecule has 8 heteroatoms. The lowest BCUT2D eigenvalue weighted by molar-refractivity contribution is 0.103. The van der Waals surface area contributed by atoms with Crippen LogP contribution in [0.15, 0.2) is 42.9 Å².